The molecule has 1 fully saturated rings. The van der Waals surface area contributed by atoms with Crippen LogP contribution in [0.15, 0.2) is 64.5 Å². The zero-order valence-electron chi connectivity index (χ0n) is 18.6. The first kappa shape index (κ1) is 22.8. The van der Waals surface area contributed by atoms with E-state index in [4.69, 9.17) is 13.9 Å². The lowest BCUT2D eigenvalue weighted by Gasteiger charge is -2.30. The number of benzene rings is 1. The summed E-state index contributed by atoms with van der Waals surface area (Å²) >= 11 is 0. The molecule has 2 aliphatic heterocycles. The van der Waals surface area contributed by atoms with E-state index in [0.29, 0.717) is 43.3 Å². The fourth-order valence-electron chi connectivity index (χ4n) is 4.27. The van der Waals surface area contributed by atoms with Gasteiger partial charge in [0.05, 0.1) is 38.2 Å². The van der Waals surface area contributed by atoms with E-state index in [9.17, 15) is 14.7 Å². The predicted molar refractivity (Wildman–Crippen MR) is 122 cm³/mol. The number of nitrogens with zero attached hydrogens (tertiary/aromatic N) is 2. The molecule has 1 atom stereocenters. The standard InChI is InChI=1S/C25H28N2O6/c1-31-21-8-3-2-7-19(21)23-22(20(28)10-9-18-6-4-15-33-18)24(29)25(30)27(23)12-5-11-26-13-16-32-17-14-26/h2-4,6-10,15,23,29H,5,11-14,16-17H2,1H3/b10-9+. The molecule has 8 nitrogen and oxygen atoms in total. The molecule has 1 aromatic heterocycles. The Bertz CT molecular complexity index is 1040. The molecule has 0 saturated carbocycles. The molecule has 0 aliphatic carbocycles. The van der Waals surface area contributed by atoms with Crippen molar-refractivity contribution in [1.29, 1.82) is 0 Å². The number of furan rings is 1. The number of carbonyl (C=O) groups is 2. The molecule has 1 N–H and O–H groups in total. The van der Waals surface area contributed by atoms with Gasteiger partial charge >= 0.3 is 0 Å². The van der Waals surface area contributed by atoms with E-state index in [1.165, 1.54) is 18.4 Å². The van der Waals surface area contributed by atoms with Gasteiger partial charge in [0.2, 0.25) is 0 Å². The van der Waals surface area contributed by atoms with Crippen molar-refractivity contribution in [3.05, 3.63) is 71.4 Å². The van der Waals surface area contributed by atoms with Gasteiger partial charge in [-0.3, -0.25) is 14.5 Å². The number of ketones is 1. The third-order valence-electron chi connectivity index (χ3n) is 5.92. The summed E-state index contributed by atoms with van der Waals surface area (Å²) < 4.78 is 16.2. The monoisotopic (exact) mass is 452 g/mol. The van der Waals surface area contributed by atoms with Gasteiger partial charge in [-0.2, -0.15) is 0 Å². The Labute approximate surface area is 192 Å². The van der Waals surface area contributed by atoms with E-state index in [2.05, 4.69) is 4.90 Å². The summed E-state index contributed by atoms with van der Waals surface area (Å²) in [4.78, 5) is 30.1. The number of aliphatic hydroxyl groups is 1. The Hall–Kier alpha value is -3.36. The number of rotatable bonds is 9. The molecule has 2 aliphatic rings. The SMILES string of the molecule is COc1ccccc1C1C(C(=O)/C=C/c2ccco2)=C(O)C(=O)N1CCCN1CCOCC1. The lowest BCUT2D eigenvalue weighted by Crippen LogP contribution is -2.39. The van der Waals surface area contributed by atoms with Gasteiger partial charge in [-0.25, -0.2) is 0 Å². The van der Waals surface area contributed by atoms with E-state index in [1.807, 2.05) is 18.2 Å². The molecule has 0 spiro atoms. The minimum absolute atomic E-state index is 0.0404. The number of carbonyl (C=O) groups excluding carboxylic acids is 2. The minimum atomic E-state index is -0.743. The fraction of sp³-hybridized carbons (Fsp3) is 0.360. The second kappa shape index (κ2) is 10.5. The van der Waals surface area contributed by atoms with Crippen molar-refractivity contribution in [2.45, 2.75) is 12.5 Å². The minimum Gasteiger partial charge on any atom is -0.503 e. The molecule has 1 saturated heterocycles. The maximum absolute atomic E-state index is 13.2. The van der Waals surface area contributed by atoms with Crippen LogP contribution in [0, 0.1) is 0 Å². The van der Waals surface area contributed by atoms with Crippen molar-refractivity contribution in [3.63, 3.8) is 0 Å². The van der Waals surface area contributed by atoms with Crippen LogP contribution < -0.4 is 4.74 Å². The number of hydrogen-bond donors (Lipinski definition) is 1. The first-order valence-corrected chi connectivity index (χ1v) is 11.0. The summed E-state index contributed by atoms with van der Waals surface area (Å²) in [5, 5.41) is 10.7. The molecule has 33 heavy (non-hydrogen) atoms. The third kappa shape index (κ3) is 5.02. The number of hydrogen-bond acceptors (Lipinski definition) is 7. The van der Waals surface area contributed by atoms with Crippen molar-refractivity contribution < 1.29 is 28.6 Å². The van der Waals surface area contributed by atoms with E-state index in [0.717, 1.165) is 19.6 Å². The highest BCUT2D eigenvalue weighted by Crippen LogP contribution is 2.41. The summed E-state index contributed by atoms with van der Waals surface area (Å²) in [5.74, 6) is -0.481. The number of ether oxygens (including phenoxy) is 2. The topological polar surface area (TPSA) is 92.5 Å². The maximum atomic E-state index is 13.2. The van der Waals surface area contributed by atoms with Crippen LogP contribution in [0.5, 0.6) is 5.75 Å². The second-order valence-corrected chi connectivity index (χ2v) is 7.93. The lowest BCUT2D eigenvalue weighted by molar-refractivity contribution is -0.129. The number of allylic oxidation sites excluding steroid dienone is 1. The quantitative estimate of drug-likeness (QED) is 0.585. The first-order chi connectivity index (χ1) is 16.1. The second-order valence-electron chi connectivity index (χ2n) is 7.93. The zero-order chi connectivity index (χ0) is 23.2. The molecule has 1 unspecified atom stereocenters. The molecule has 2 aromatic rings. The number of morpholine rings is 1. The Morgan fingerprint density at radius 1 is 1.18 bits per heavy atom. The van der Waals surface area contributed by atoms with E-state index in [1.54, 1.807) is 30.2 Å². The van der Waals surface area contributed by atoms with Crippen LogP contribution in [-0.2, 0) is 14.3 Å². The Morgan fingerprint density at radius 2 is 1.97 bits per heavy atom. The molecular formula is C25H28N2O6. The summed E-state index contributed by atoms with van der Waals surface area (Å²) in [7, 11) is 1.54. The highest BCUT2D eigenvalue weighted by Gasteiger charge is 2.43. The van der Waals surface area contributed by atoms with Gasteiger partial charge in [-0.1, -0.05) is 18.2 Å². The Morgan fingerprint density at radius 3 is 2.70 bits per heavy atom. The fourth-order valence-corrected chi connectivity index (χ4v) is 4.27. The van der Waals surface area contributed by atoms with Crippen LogP contribution in [-0.4, -0.2) is 73.1 Å². The van der Waals surface area contributed by atoms with Gasteiger partial charge < -0.3 is 23.9 Å². The van der Waals surface area contributed by atoms with E-state index >= 15 is 0 Å². The largest absolute Gasteiger partial charge is 0.503 e. The van der Waals surface area contributed by atoms with Gasteiger partial charge in [-0.15, -0.1) is 0 Å². The van der Waals surface area contributed by atoms with Crippen molar-refractivity contribution >= 4 is 17.8 Å². The van der Waals surface area contributed by atoms with E-state index < -0.39 is 23.5 Å². The molecule has 8 heteroatoms. The van der Waals surface area contributed by atoms with Crippen molar-refractivity contribution in [2.24, 2.45) is 0 Å². The number of amides is 1. The van der Waals surface area contributed by atoms with Crippen molar-refractivity contribution in [3.8, 4) is 5.75 Å². The van der Waals surface area contributed by atoms with Crippen LogP contribution in [0.2, 0.25) is 0 Å². The molecule has 0 radical (unpaired) electrons. The summed E-state index contributed by atoms with van der Waals surface area (Å²) in [6.45, 7) is 4.31. The Balaban J connectivity index is 1.60. The highest BCUT2D eigenvalue weighted by atomic mass is 16.5. The van der Waals surface area contributed by atoms with Crippen LogP contribution in [0.25, 0.3) is 6.08 Å². The molecule has 4 rings (SSSR count). The predicted octanol–water partition coefficient (Wildman–Crippen LogP) is 2.99. The normalized spacial score (nSPS) is 19.6. The number of para-hydroxylation sites is 1. The molecule has 174 valence electrons. The number of aliphatic hydroxyl groups excluding tert-OH is 1. The van der Waals surface area contributed by atoms with Crippen LogP contribution in [0.3, 0.4) is 0 Å². The van der Waals surface area contributed by atoms with Crippen LogP contribution in [0.1, 0.15) is 23.8 Å². The van der Waals surface area contributed by atoms with Gasteiger partial charge in [-0.05, 0) is 36.8 Å². The average Bonchev–Trinajstić information content (AvgIpc) is 3.45. The lowest BCUT2D eigenvalue weighted by atomic mass is 9.95. The van der Waals surface area contributed by atoms with Crippen molar-refractivity contribution in [2.75, 3.05) is 46.5 Å². The average molecular weight is 453 g/mol. The molecular weight excluding hydrogens is 424 g/mol. The Kier molecular flexibility index (Phi) is 7.26. The molecule has 1 amide bonds. The first-order valence-electron chi connectivity index (χ1n) is 11.0. The van der Waals surface area contributed by atoms with Gasteiger partial charge in [0.1, 0.15) is 11.5 Å². The molecule has 0 bridgehead atoms. The molecule has 3 heterocycles. The zero-order valence-corrected chi connectivity index (χ0v) is 18.6. The van der Waals surface area contributed by atoms with Gasteiger partial charge in [0.15, 0.2) is 11.5 Å². The van der Waals surface area contributed by atoms with Crippen LogP contribution >= 0.6 is 0 Å². The summed E-state index contributed by atoms with van der Waals surface area (Å²) in [5.41, 5.74) is 0.692. The maximum Gasteiger partial charge on any atom is 0.290 e. The molecule has 1 aromatic carbocycles. The van der Waals surface area contributed by atoms with Gasteiger partial charge in [0, 0.05) is 31.7 Å². The highest BCUT2D eigenvalue weighted by molar-refractivity contribution is 6.14. The smallest absolute Gasteiger partial charge is 0.290 e. The van der Waals surface area contributed by atoms with Gasteiger partial charge in [0.25, 0.3) is 5.91 Å². The summed E-state index contributed by atoms with van der Waals surface area (Å²) in [6, 6.07) is 9.93. The van der Waals surface area contributed by atoms with E-state index in [-0.39, 0.29) is 5.57 Å². The van der Waals surface area contributed by atoms with Crippen molar-refractivity contribution in [1.82, 2.24) is 9.80 Å². The summed E-state index contributed by atoms with van der Waals surface area (Å²) in [6.07, 6.45) is 5.05. The number of methoxy groups -OCH3 is 1. The van der Waals surface area contributed by atoms with Crippen LogP contribution in [0.4, 0.5) is 0 Å². The third-order valence-corrected chi connectivity index (χ3v) is 5.92.